The molecule has 0 spiro atoms. The fourth-order valence-electron chi connectivity index (χ4n) is 5.98. The second-order valence-electron chi connectivity index (χ2n) is 10.7. The summed E-state index contributed by atoms with van der Waals surface area (Å²) in [4.78, 5) is 41.2. The van der Waals surface area contributed by atoms with E-state index in [2.05, 4.69) is 12.2 Å². The Labute approximate surface area is 245 Å². The molecule has 1 heterocycles. The number of hydrogen-bond donors (Lipinski definition) is 1. The van der Waals surface area contributed by atoms with Crippen molar-refractivity contribution in [2.75, 3.05) is 24.4 Å². The minimum Gasteiger partial charge on any atom is -0.493 e. The largest absolute Gasteiger partial charge is 0.493 e. The van der Waals surface area contributed by atoms with Crippen molar-refractivity contribution in [3.8, 4) is 11.5 Å². The van der Waals surface area contributed by atoms with Crippen LogP contribution in [0.1, 0.15) is 68.5 Å². The minimum atomic E-state index is -0.816. The highest BCUT2D eigenvalue weighted by Gasteiger charge is 2.42. The molecule has 1 N–H and O–H groups in total. The Bertz CT molecular complexity index is 1550. The summed E-state index contributed by atoms with van der Waals surface area (Å²) in [5.41, 5.74) is 3.89. The number of amides is 1. The number of para-hydroxylation sites is 2. The maximum atomic E-state index is 14.2. The molecule has 1 aliphatic carbocycles. The number of allylic oxidation sites excluding steroid dienone is 1. The molecular formula is C33H35N3O6. The van der Waals surface area contributed by atoms with Crippen LogP contribution in [0.4, 0.5) is 17.1 Å². The highest BCUT2D eigenvalue weighted by molar-refractivity contribution is 6.06. The lowest BCUT2D eigenvalue weighted by molar-refractivity contribution is -0.384. The van der Waals surface area contributed by atoms with Gasteiger partial charge in [0.1, 0.15) is 0 Å². The Hall–Kier alpha value is -4.66. The number of Topliss-reactive ketones (excluding diaryl/α,β-unsaturated/α-hetero) is 1. The summed E-state index contributed by atoms with van der Waals surface area (Å²) in [6.07, 6.45) is 3.61. The van der Waals surface area contributed by atoms with Gasteiger partial charge in [0.15, 0.2) is 17.3 Å². The van der Waals surface area contributed by atoms with E-state index in [1.807, 2.05) is 42.5 Å². The summed E-state index contributed by atoms with van der Waals surface area (Å²) in [5.74, 6) is 0.803. The summed E-state index contributed by atoms with van der Waals surface area (Å²) in [6, 6.07) is 18.6. The monoisotopic (exact) mass is 569 g/mol. The normalized spacial score (nSPS) is 18.0. The van der Waals surface area contributed by atoms with Gasteiger partial charge in [-0.15, -0.1) is 0 Å². The molecule has 9 heteroatoms. The molecule has 0 saturated heterocycles. The highest BCUT2D eigenvalue weighted by Crippen LogP contribution is 2.48. The number of hydrogen-bond acceptors (Lipinski definition) is 7. The number of ether oxygens (including phenoxy) is 2. The SMILES string of the molecule is CCCCCC(=O)N1c2ccccc2NC2=C(C(=O)CC(c3ccc(OC)c(OC)c3)C2)C1c1cccc([N+](=O)[O-])c1. The average Bonchev–Trinajstić information content (AvgIpc) is 3.15. The first-order valence-electron chi connectivity index (χ1n) is 14.3. The highest BCUT2D eigenvalue weighted by atomic mass is 16.6. The number of ketones is 1. The van der Waals surface area contributed by atoms with E-state index < -0.39 is 11.0 Å². The van der Waals surface area contributed by atoms with Crippen LogP contribution < -0.4 is 19.7 Å². The third-order valence-electron chi connectivity index (χ3n) is 8.03. The fraction of sp³-hybridized carbons (Fsp3) is 0.333. The van der Waals surface area contributed by atoms with Gasteiger partial charge in [-0.25, -0.2) is 0 Å². The second-order valence-corrected chi connectivity index (χ2v) is 10.7. The lowest BCUT2D eigenvalue weighted by Crippen LogP contribution is -2.38. The van der Waals surface area contributed by atoms with Gasteiger partial charge in [0.2, 0.25) is 5.91 Å². The van der Waals surface area contributed by atoms with Crippen molar-refractivity contribution in [2.45, 2.75) is 57.4 Å². The molecule has 0 aromatic heterocycles. The topological polar surface area (TPSA) is 111 Å². The van der Waals surface area contributed by atoms with E-state index >= 15 is 0 Å². The number of nitro groups is 1. The lowest BCUT2D eigenvalue weighted by Gasteiger charge is -2.35. The zero-order valence-corrected chi connectivity index (χ0v) is 24.1. The van der Waals surface area contributed by atoms with Crippen molar-refractivity contribution in [1.82, 2.24) is 0 Å². The molecule has 0 bridgehead atoms. The van der Waals surface area contributed by atoms with Crippen LogP contribution in [0.3, 0.4) is 0 Å². The number of unbranched alkanes of at least 4 members (excludes halogenated alkanes) is 2. The van der Waals surface area contributed by atoms with Crippen LogP contribution in [-0.4, -0.2) is 30.8 Å². The summed E-state index contributed by atoms with van der Waals surface area (Å²) in [6.45, 7) is 2.08. The van der Waals surface area contributed by atoms with Gasteiger partial charge < -0.3 is 14.8 Å². The van der Waals surface area contributed by atoms with Crippen molar-refractivity contribution < 1.29 is 24.0 Å². The van der Waals surface area contributed by atoms with Gasteiger partial charge in [-0.05, 0) is 54.2 Å². The number of nitro benzene ring substituents is 1. The summed E-state index contributed by atoms with van der Waals surface area (Å²) < 4.78 is 10.9. The predicted octanol–water partition coefficient (Wildman–Crippen LogP) is 7.09. The molecule has 1 amide bonds. The number of anilines is 2. The van der Waals surface area contributed by atoms with E-state index in [1.165, 1.54) is 12.1 Å². The Balaban J connectivity index is 1.67. The number of carbonyl (C=O) groups is 2. The zero-order valence-electron chi connectivity index (χ0n) is 24.1. The van der Waals surface area contributed by atoms with Gasteiger partial charge in [-0.3, -0.25) is 24.6 Å². The van der Waals surface area contributed by atoms with Crippen molar-refractivity contribution in [3.05, 3.63) is 99.2 Å². The number of rotatable bonds is 9. The molecule has 3 aromatic carbocycles. The number of non-ortho nitro benzene ring substituents is 1. The van der Waals surface area contributed by atoms with E-state index in [0.29, 0.717) is 59.0 Å². The predicted molar refractivity (Wildman–Crippen MR) is 161 cm³/mol. The van der Waals surface area contributed by atoms with Gasteiger partial charge in [0, 0.05) is 36.2 Å². The molecule has 42 heavy (non-hydrogen) atoms. The van der Waals surface area contributed by atoms with E-state index in [0.717, 1.165) is 18.4 Å². The summed E-state index contributed by atoms with van der Waals surface area (Å²) >= 11 is 0. The molecule has 2 atom stereocenters. The van der Waals surface area contributed by atoms with Crippen LogP contribution in [0.2, 0.25) is 0 Å². The third-order valence-corrected chi connectivity index (χ3v) is 8.03. The Morgan fingerprint density at radius 3 is 2.50 bits per heavy atom. The van der Waals surface area contributed by atoms with Gasteiger partial charge in [0.25, 0.3) is 5.69 Å². The average molecular weight is 570 g/mol. The molecule has 1 aliphatic heterocycles. The molecule has 5 rings (SSSR count). The van der Waals surface area contributed by atoms with Gasteiger partial charge in [-0.2, -0.15) is 0 Å². The number of nitrogens with one attached hydrogen (secondary N) is 1. The molecule has 0 saturated carbocycles. The lowest BCUT2D eigenvalue weighted by atomic mass is 9.78. The minimum absolute atomic E-state index is 0.0926. The maximum Gasteiger partial charge on any atom is 0.269 e. The quantitative estimate of drug-likeness (QED) is 0.166. The molecule has 0 radical (unpaired) electrons. The Morgan fingerprint density at radius 1 is 0.976 bits per heavy atom. The van der Waals surface area contributed by atoms with Crippen LogP contribution >= 0.6 is 0 Å². The van der Waals surface area contributed by atoms with E-state index in [1.54, 1.807) is 31.3 Å². The van der Waals surface area contributed by atoms with Crippen LogP contribution in [0.25, 0.3) is 0 Å². The molecule has 218 valence electrons. The van der Waals surface area contributed by atoms with Crippen LogP contribution in [0.5, 0.6) is 11.5 Å². The van der Waals surface area contributed by atoms with Crippen LogP contribution in [-0.2, 0) is 9.59 Å². The number of carbonyl (C=O) groups excluding carboxylic acids is 2. The molecule has 2 aliphatic rings. The van der Waals surface area contributed by atoms with E-state index in [4.69, 9.17) is 9.47 Å². The Morgan fingerprint density at radius 2 is 1.76 bits per heavy atom. The van der Waals surface area contributed by atoms with Crippen LogP contribution in [0.15, 0.2) is 78.0 Å². The first-order chi connectivity index (χ1) is 20.4. The van der Waals surface area contributed by atoms with Crippen molar-refractivity contribution in [1.29, 1.82) is 0 Å². The first-order valence-corrected chi connectivity index (χ1v) is 14.3. The standard InChI is InChI=1S/C33H35N3O6/c1-4-5-6-14-31(38)35-27-13-8-7-12-25(27)34-26-18-23(21-15-16-29(41-2)30(20-21)42-3)19-28(37)32(26)33(35)22-10-9-11-24(17-22)36(39)40/h7-13,15-17,20,23,33-34H,4-6,14,18-19H2,1-3H3. The molecule has 0 fully saturated rings. The second kappa shape index (κ2) is 12.5. The summed E-state index contributed by atoms with van der Waals surface area (Å²) in [7, 11) is 3.16. The van der Waals surface area contributed by atoms with Crippen molar-refractivity contribution >= 4 is 28.8 Å². The third kappa shape index (κ3) is 5.59. The zero-order chi connectivity index (χ0) is 29.8. The van der Waals surface area contributed by atoms with Gasteiger partial charge >= 0.3 is 0 Å². The number of benzene rings is 3. The number of nitrogens with zero attached hydrogens (tertiary/aromatic N) is 2. The first kappa shape index (κ1) is 28.9. The van der Waals surface area contributed by atoms with Gasteiger partial charge in [0.05, 0.1) is 36.6 Å². The number of fused-ring (bicyclic) bond motifs is 1. The Kier molecular flexibility index (Phi) is 8.56. The molecule has 9 nitrogen and oxygen atoms in total. The molecule has 3 aromatic rings. The van der Waals surface area contributed by atoms with Gasteiger partial charge in [-0.1, -0.05) is 50.1 Å². The fourth-order valence-corrected chi connectivity index (χ4v) is 5.98. The smallest absolute Gasteiger partial charge is 0.269 e. The maximum absolute atomic E-state index is 14.2. The van der Waals surface area contributed by atoms with Crippen LogP contribution in [0, 0.1) is 10.1 Å². The van der Waals surface area contributed by atoms with E-state index in [-0.39, 0.29) is 29.7 Å². The van der Waals surface area contributed by atoms with E-state index in [9.17, 15) is 19.7 Å². The van der Waals surface area contributed by atoms with Crippen molar-refractivity contribution in [2.24, 2.45) is 0 Å². The molecule has 2 unspecified atom stereocenters. The molecular weight excluding hydrogens is 534 g/mol. The van der Waals surface area contributed by atoms with Crippen molar-refractivity contribution in [3.63, 3.8) is 0 Å². The number of methoxy groups -OCH3 is 2. The summed E-state index contributed by atoms with van der Waals surface area (Å²) in [5, 5.41) is 15.3.